The van der Waals surface area contributed by atoms with E-state index in [2.05, 4.69) is 20.8 Å². The first-order valence-corrected chi connectivity index (χ1v) is 11.6. The zero-order chi connectivity index (χ0) is 23.3. The maximum atomic E-state index is 12.7. The van der Waals surface area contributed by atoms with E-state index in [9.17, 15) is 9.59 Å². The van der Waals surface area contributed by atoms with Crippen molar-refractivity contribution in [3.63, 3.8) is 0 Å². The van der Waals surface area contributed by atoms with E-state index in [0.29, 0.717) is 27.3 Å². The highest BCUT2D eigenvalue weighted by molar-refractivity contribution is 7.99. The lowest BCUT2D eigenvalue weighted by Crippen LogP contribution is -2.33. The number of carbonyl (C=O) groups excluding carboxylic acids is 2. The molecular formula is C23H26ClN5O2S. The maximum Gasteiger partial charge on any atom is 0.251 e. The Bertz CT molecular complexity index is 1100. The van der Waals surface area contributed by atoms with Crippen molar-refractivity contribution in [3.05, 3.63) is 70.5 Å². The first-order chi connectivity index (χ1) is 15.2. The second-order valence-corrected chi connectivity index (χ2v) is 9.19. The average Bonchev–Trinajstić information content (AvgIpc) is 3.10. The Morgan fingerprint density at radius 1 is 1.12 bits per heavy atom. The number of rotatable bonds is 8. The third-order valence-electron chi connectivity index (χ3n) is 4.85. The van der Waals surface area contributed by atoms with Crippen LogP contribution in [-0.4, -0.2) is 32.3 Å². The Kier molecular flexibility index (Phi) is 7.93. The minimum Gasteiger partial charge on any atom is -0.342 e. The lowest BCUT2D eigenvalue weighted by atomic mass is 10.0. The van der Waals surface area contributed by atoms with Crippen LogP contribution in [0, 0.1) is 12.8 Å². The summed E-state index contributed by atoms with van der Waals surface area (Å²) in [5, 5.41) is 15.5. The highest BCUT2D eigenvalue weighted by Crippen LogP contribution is 2.25. The van der Waals surface area contributed by atoms with Crippen LogP contribution >= 0.6 is 23.4 Å². The summed E-state index contributed by atoms with van der Waals surface area (Å²) in [7, 11) is 1.83. The lowest BCUT2D eigenvalue weighted by Gasteiger charge is -2.21. The molecule has 32 heavy (non-hydrogen) atoms. The molecule has 0 unspecified atom stereocenters. The molecule has 9 heteroatoms. The summed E-state index contributed by atoms with van der Waals surface area (Å²) in [6, 6.07) is 14.1. The van der Waals surface area contributed by atoms with Crippen molar-refractivity contribution in [3.8, 4) is 0 Å². The van der Waals surface area contributed by atoms with Gasteiger partial charge in [-0.3, -0.25) is 9.59 Å². The number of carbonyl (C=O) groups is 2. The number of halogens is 1. The molecule has 0 spiro atoms. The highest BCUT2D eigenvalue weighted by Gasteiger charge is 2.25. The molecule has 2 amide bonds. The van der Waals surface area contributed by atoms with Gasteiger partial charge in [0.2, 0.25) is 5.91 Å². The molecule has 1 aromatic heterocycles. The van der Waals surface area contributed by atoms with Crippen molar-refractivity contribution in [2.75, 3.05) is 11.1 Å². The maximum absolute atomic E-state index is 12.7. The quantitative estimate of drug-likeness (QED) is 0.467. The average molecular weight is 472 g/mol. The number of hydrogen-bond donors (Lipinski definition) is 2. The van der Waals surface area contributed by atoms with Gasteiger partial charge in [0.15, 0.2) is 11.0 Å². The van der Waals surface area contributed by atoms with Gasteiger partial charge in [0.05, 0.1) is 11.8 Å². The molecule has 3 rings (SSSR count). The van der Waals surface area contributed by atoms with Crippen molar-refractivity contribution in [2.24, 2.45) is 13.0 Å². The molecule has 168 valence electrons. The summed E-state index contributed by atoms with van der Waals surface area (Å²) < 4.78 is 1.82. The molecule has 7 nitrogen and oxygen atoms in total. The van der Waals surface area contributed by atoms with Gasteiger partial charge in [-0.15, -0.1) is 10.2 Å². The molecule has 0 fully saturated rings. The predicted octanol–water partition coefficient (Wildman–Crippen LogP) is 4.63. The number of amides is 2. The van der Waals surface area contributed by atoms with Gasteiger partial charge in [-0.05, 0) is 43.2 Å². The molecule has 0 aliphatic heterocycles. The standard InChI is InChI=1S/C23H26ClN5O2S/c1-14(2)20(26-22(31)16-10-8-15(3)9-11-16)21-27-28-23(29(21)4)32-13-19(30)25-18-7-5-6-17(24)12-18/h5-12,14,20H,13H2,1-4H3,(H,25,30)(H,26,31)/t20-/m0/s1. The molecule has 2 N–H and O–H groups in total. The molecule has 0 saturated heterocycles. The first-order valence-electron chi connectivity index (χ1n) is 10.2. The fraction of sp³-hybridized carbons (Fsp3) is 0.304. The van der Waals surface area contributed by atoms with Gasteiger partial charge >= 0.3 is 0 Å². The third-order valence-corrected chi connectivity index (χ3v) is 6.11. The van der Waals surface area contributed by atoms with E-state index < -0.39 is 0 Å². The van der Waals surface area contributed by atoms with Gasteiger partial charge in [0.1, 0.15) is 0 Å². The second kappa shape index (κ2) is 10.7. The van der Waals surface area contributed by atoms with E-state index >= 15 is 0 Å². The molecule has 0 aliphatic rings. The zero-order valence-electron chi connectivity index (χ0n) is 18.4. The number of nitrogens with one attached hydrogen (secondary N) is 2. The summed E-state index contributed by atoms with van der Waals surface area (Å²) in [5.41, 5.74) is 2.33. The summed E-state index contributed by atoms with van der Waals surface area (Å²) in [6.07, 6.45) is 0. The lowest BCUT2D eigenvalue weighted by molar-refractivity contribution is -0.113. The number of anilines is 1. The third kappa shape index (κ3) is 6.11. The molecular weight excluding hydrogens is 446 g/mol. The van der Waals surface area contributed by atoms with Gasteiger partial charge < -0.3 is 15.2 Å². The SMILES string of the molecule is Cc1ccc(C(=O)N[C@H](c2nnc(SCC(=O)Nc3cccc(Cl)c3)n2C)C(C)C)cc1. The normalized spacial score (nSPS) is 11.9. The van der Waals surface area contributed by atoms with E-state index in [1.807, 2.05) is 44.5 Å². The van der Waals surface area contributed by atoms with Crippen LogP contribution in [0.5, 0.6) is 0 Å². The fourth-order valence-electron chi connectivity index (χ4n) is 3.07. The van der Waals surface area contributed by atoms with Gasteiger partial charge in [-0.1, -0.05) is 61.0 Å². The topological polar surface area (TPSA) is 88.9 Å². The largest absolute Gasteiger partial charge is 0.342 e. The highest BCUT2D eigenvalue weighted by atomic mass is 35.5. The van der Waals surface area contributed by atoms with Crippen LogP contribution in [0.1, 0.15) is 41.6 Å². The van der Waals surface area contributed by atoms with E-state index in [1.54, 1.807) is 36.4 Å². The Labute approximate surface area is 197 Å². The number of hydrogen-bond acceptors (Lipinski definition) is 5. The van der Waals surface area contributed by atoms with Crippen molar-refractivity contribution in [1.82, 2.24) is 20.1 Å². The summed E-state index contributed by atoms with van der Waals surface area (Å²) in [5.74, 6) is 0.562. The minimum absolute atomic E-state index is 0.0938. The number of thioether (sulfide) groups is 1. The molecule has 3 aromatic rings. The molecule has 0 aliphatic carbocycles. The van der Waals surface area contributed by atoms with E-state index in [0.717, 1.165) is 5.56 Å². The molecule has 2 aromatic carbocycles. The van der Waals surface area contributed by atoms with E-state index in [4.69, 9.17) is 11.6 Å². The first kappa shape index (κ1) is 23.8. The Hall–Kier alpha value is -2.84. The summed E-state index contributed by atoms with van der Waals surface area (Å²) in [6.45, 7) is 6.01. The smallest absolute Gasteiger partial charge is 0.251 e. The van der Waals surface area contributed by atoms with Crippen LogP contribution in [0.15, 0.2) is 53.7 Å². The van der Waals surface area contributed by atoms with Crippen LogP contribution in [0.25, 0.3) is 0 Å². The fourth-order valence-corrected chi connectivity index (χ4v) is 3.98. The second-order valence-electron chi connectivity index (χ2n) is 7.81. The van der Waals surface area contributed by atoms with Gasteiger partial charge in [-0.2, -0.15) is 0 Å². The monoisotopic (exact) mass is 471 g/mol. The molecule has 0 saturated carbocycles. The summed E-state index contributed by atoms with van der Waals surface area (Å²) >= 11 is 7.23. The van der Waals surface area contributed by atoms with E-state index in [1.165, 1.54) is 11.8 Å². The van der Waals surface area contributed by atoms with Crippen LogP contribution in [0.4, 0.5) is 5.69 Å². The van der Waals surface area contributed by atoms with Gasteiger partial charge in [0.25, 0.3) is 5.91 Å². The minimum atomic E-state index is -0.323. The van der Waals surface area contributed by atoms with Crippen molar-refractivity contribution >= 4 is 40.9 Å². The van der Waals surface area contributed by atoms with Crippen LogP contribution in [0.2, 0.25) is 5.02 Å². The molecule has 1 heterocycles. The van der Waals surface area contributed by atoms with Crippen LogP contribution < -0.4 is 10.6 Å². The van der Waals surface area contributed by atoms with Crippen LogP contribution in [0.3, 0.4) is 0 Å². The molecule has 0 bridgehead atoms. The Morgan fingerprint density at radius 3 is 2.50 bits per heavy atom. The van der Waals surface area contributed by atoms with Gasteiger partial charge in [0, 0.05) is 23.3 Å². The number of nitrogens with zero attached hydrogens (tertiary/aromatic N) is 3. The van der Waals surface area contributed by atoms with Gasteiger partial charge in [-0.25, -0.2) is 0 Å². The van der Waals surface area contributed by atoms with Crippen molar-refractivity contribution < 1.29 is 9.59 Å². The Morgan fingerprint density at radius 2 is 1.84 bits per heavy atom. The summed E-state index contributed by atoms with van der Waals surface area (Å²) in [4.78, 5) is 25.0. The number of aromatic nitrogens is 3. The zero-order valence-corrected chi connectivity index (χ0v) is 20.0. The van der Waals surface area contributed by atoms with E-state index in [-0.39, 0.29) is 29.5 Å². The molecule has 0 radical (unpaired) electrons. The van der Waals surface area contributed by atoms with Crippen LogP contribution in [-0.2, 0) is 11.8 Å². The molecule has 1 atom stereocenters. The number of benzene rings is 2. The van der Waals surface area contributed by atoms with Crippen molar-refractivity contribution in [2.45, 2.75) is 32.0 Å². The Balaban J connectivity index is 1.66. The predicted molar refractivity (Wildman–Crippen MR) is 128 cm³/mol. The van der Waals surface area contributed by atoms with Crippen molar-refractivity contribution in [1.29, 1.82) is 0 Å². The number of aryl methyl sites for hydroxylation is 1.